The smallest absolute Gasteiger partial charge is 0.270 e. The highest BCUT2D eigenvalue weighted by Gasteiger charge is 2.32. The summed E-state index contributed by atoms with van der Waals surface area (Å²) in [4.78, 5) is 29.8. The summed E-state index contributed by atoms with van der Waals surface area (Å²) in [5.74, 6) is -0.882. The normalized spacial score (nSPS) is 15.8. The second kappa shape index (κ2) is 11.7. The summed E-state index contributed by atoms with van der Waals surface area (Å²) in [5.41, 5.74) is 0.345. The summed E-state index contributed by atoms with van der Waals surface area (Å²) in [6.07, 6.45) is 4.19. The Morgan fingerprint density at radius 2 is 1.86 bits per heavy atom. The number of hydrogen-bond donors (Lipinski definition) is 3. The first-order valence-corrected chi connectivity index (χ1v) is 13.0. The number of carbonyl (C=O) groups is 2. The topological polar surface area (TPSA) is 135 Å². The zero-order chi connectivity index (χ0) is 25.6. The number of nitrogens with zero attached hydrogens (tertiary/aromatic N) is 3. The van der Waals surface area contributed by atoms with Crippen LogP contribution in [0.15, 0.2) is 35.5 Å². The van der Waals surface area contributed by atoms with Gasteiger partial charge in [0, 0.05) is 18.4 Å². The molecule has 3 rings (SSSR count). The maximum Gasteiger partial charge on any atom is 0.270 e. The molecular formula is C22H30F2N6O4S. The molecule has 2 aromatic heterocycles. The lowest BCUT2D eigenvalue weighted by molar-refractivity contribution is -0.119. The summed E-state index contributed by atoms with van der Waals surface area (Å²) in [6.45, 7) is 2.78. The Morgan fingerprint density at radius 1 is 1.14 bits per heavy atom. The van der Waals surface area contributed by atoms with Crippen molar-refractivity contribution in [3.63, 3.8) is 0 Å². The van der Waals surface area contributed by atoms with Gasteiger partial charge in [0.15, 0.2) is 0 Å². The van der Waals surface area contributed by atoms with E-state index in [-0.39, 0.29) is 22.7 Å². The van der Waals surface area contributed by atoms with Crippen LogP contribution in [-0.2, 0) is 14.8 Å². The second-order valence-electron chi connectivity index (χ2n) is 8.72. The average Bonchev–Trinajstić information content (AvgIpc) is 3.33. The van der Waals surface area contributed by atoms with Crippen LogP contribution in [0.1, 0.15) is 62.5 Å². The van der Waals surface area contributed by atoms with Crippen molar-refractivity contribution < 1.29 is 26.8 Å². The standard InChI is InChI=1S/C22H30F2N6O4S/c1-14(2)30-17(10-11-26-30)21(31)29-20(15-6-4-3-5-7-15)22(32)28-19-9-8-16(12-25-19)35(33,34)27-13-18(23)24/h8-12,14-15,18,20,27H,3-7,13H2,1-2H3,(H,29,31)(H,25,28,32)/t20-/m0/s1. The minimum atomic E-state index is -4.16. The molecule has 35 heavy (non-hydrogen) atoms. The molecule has 0 bridgehead atoms. The Morgan fingerprint density at radius 3 is 2.46 bits per heavy atom. The molecule has 0 unspecified atom stereocenters. The van der Waals surface area contributed by atoms with Crippen molar-refractivity contribution >= 4 is 27.7 Å². The van der Waals surface area contributed by atoms with Crippen LogP contribution in [0, 0.1) is 5.92 Å². The van der Waals surface area contributed by atoms with Crippen molar-refractivity contribution in [2.45, 2.75) is 69.4 Å². The van der Waals surface area contributed by atoms with Crippen LogP contribution in [0.5, 0.6) is 0 Å². The van der Waals surface area contributed by atoms with Crippen LogP contribution in [-0.4, -0.2) is 54.0 Å². The lowest BCUT2D eigenvalue weighted by Crippen LogP contribution is -2.49. The highest BCUT2D eigenvalue weighted by Crippen LogP contribution is 2.27. The fourth-order valence-corrected chi connectivity index (χ4v) is 5.01. The summed E-state index contributed by atoms with van der Waals surface area (Å²) in [7, 11) is -4.16. The maximum atomic E-state index is 13.2. The van der Waals surface area contributed by atoms with E-state index in [2.05, 4.69) is 20.7 Å². The molecule has 0 aliphatic heterocycles. The maximum absolute atomic E-state index is 13.2. The molecule has 1 atom stereocenters. The number of alkyl halides is 2. The highest BCUT2D eigenvalue weighted by atomic mass is 32.2. The Bertz CT molecular complexity index is 1120. The van der Waals surface area contributed by atoms with Crippen LogP contribution in [0.25, 0.3) is 0 Å². The molecule has 3 N–H and O–H groups in total. The van der Waals surface area contributed by atoms with Gasteiger partial charge >= 0.3 is 0 Å². The van der Waals surface area contributed by atoms with Crippen molar-refractivity contribution in [2.75, 3.05) is 11.9 Å². The SMILES string of the molecule is CC(C)n1nccc1C(=O)N[C@H](C(=O)Nc1ccc(S(=O)(=O)NCC(F)F)cn1)C1CCCCC1. The van der Waals surface area contributed by atoms with Crippen molar-refractivity contribution in [3.8, 4) is 0 Å². The molecule has 10 nitrogen and oxygen atoms in total. The van der Waals surface area contributed by atoms with Crippen LogP contribution in [0.4, 0.5) is 14.6 Å². The van der Waals surface area contributed by atoms with E-state index in [4.69, 9.17) is 0 Å². The first-order chi connectivity index (χ1) is 16.6. The van der Waals surface area contributed by atoms with Crippen molar-refractivity contribution in [1.29, 1.82) is 0 Å². The van der Waals surface area contributed by atoms with Gasteiger partial charge in [0.2, 0.25) is 15.9 Å². The average molecular weight is 513 g/mol. The molecule has 1 saturated carbocycles. The van der Waals surface area contributed by atoms with E-state index in [1.165, 1.54) is 12.3 Å². The predicted octanol–water partition coefficient (Wildman–Crippen LogP) is 2.72. The van der Waals surface area contributed by atoms with Crippen molar-refractivity contribution in [2.24, 2.45) is 5.92 Å². The number of pyridine rings is 1. The minimum Gasteiger partial charge on any atom is -0.339 e. The number of hydrogen-bond acceptors (Lipinski definition) is 6. The van der Waals surface area contributed by atoms with Gasteiger partial charge in [-0.15, -0.1) is 0 Å². The number of carbonyl (C=O) groups excluding carboxylic acids is 2. The number of halogens is 2. The molecule has 0 saturated heterocycles. The molecular weight excluding hydrogens is 482 g/mol. The van der Waals surface area contributed by atoms with Crippen molar-refractivity contribution in [3.05, 3.63) is 36.3 Å². The zero-order valence-corrected chi connectivity index (χ0v) is 20.4. The molecule has 192 valence electrons. The van der Waals surface area contributed by atoms with E-state index in [1.54, 1.807) is 15.5 Å². The third kappa shape index (κ3) is 7.04. The van der Waals surface area contributed by atoms with Crippen LogP contribution < -0.4 is 15.4 Å². The quantitative estimate of drug-likeness (QED) is 0.448. The van der Waals surface area contributed by atoms with Gasteiger partial charge in [-0.05, 0) is 50.8 Å². The summed E-state index contributed by atoms with van der Waals surface area (Å²) < 4.78 is 52.2. The van der Waals surface area contributed by atoms with Gasteiger partial charge in [-0.2, -0.15) is 5.10 Å². The Balaban J connectivity index is 1.74. The number of rotatable bonds is 10. The number of amides is 2. The largest absolute Gasteiger partial charge is 0.339 e. The zero-order valence-electron chi connectivity index (χ0n) is 19.6. The third-order valence-electron chi connectivity index (χ3n) is 5.81. The number of nitrogens with one attached hydrogen (secondary N) is 3. The number of sulfonamides is 1. The van der Waals surface area contributed by atoms with Crippen LogP contribution >= 0.6 is 0 Å². The molecule has 2 heterocycles. The van der Waals surface area contributed by atoms with E-state index < -0.39 is 40.8 Å². The van der Waals surface area contributed by atoms with Gasteiger partial charge in [0.05, 0.1) is 6.54 Å². The summed E-state index contributed by atoms with van der Waals surface area (Å²) >= 11 is 0. The van der Waals surface area contributed by atoms with E-state index in [9.17, 15) is 26.8 Å². The lowest BCUT2D eigenvalue weighted by Gasteiger charge is -2.30. The molecule has 13 heteroatoms. The predicted molar refractivity (Wildman–Crippen MR) is 125 cm³/mol. The second-order valence-corrected chi connectivity index (χ2v) is 10.5. The van der Waals surface area contributed by atoms with Crippen LogP contribution in [0.2, 0.25) is 0 Å². The van der Waals surface area contributed by atoms with E-state index in [0.717, 1.165) is 44.4 Å². The van der Waals surface area contributed by atoms with Gasteiger partial charge < -0.3 is 10.6 Å². The van der Waals surface area contributed by atoms with Gasteiger partial charge in [-0.25, -0.2) is 26.9 Å². The molecule has 1 fully saturated rings. The first kappa shape index (κ1) is 26.7. The monoisotopic (exact) mass is 512 g/mol. The molecule has 0 radical (unpaired) electrons. The van der Waals surface area contributed by atoms with E-state index in [1.807, 2.05) is 13.8 Å². The molecule has 2 amide bonds. The first-order valence-electron chi connectivity index (χ1n) is 11.5. The molecule has 0 spiro atoms. The summed E-state index contributed by atoms with van der Waals surface area (Å²) in [5, 5.41) is 9.65. The minimum absolute atomic E-state index is 0.0399. The Hall–Kier alpha value is -2.93. The molecule has 0 aromatic carbocycles. The van der Waals surface area contributed by atoms with Gasteiger partial charge in [0.25, 0.3) is 12.3 Å². The molecule has 2 aromatic rings. The van der Waals surface area contributed by atoms with Gasteiger partial charge in [-0.1, -0.05) is 19.3 Å². The Labute approximate surface area is 202 Å². The number of anilines is 1. The molecule has 1 aliphatic rings. The van der Waals surface area contributed by atoms with E-state index >= 15 is 0 Å². The van der Waals surface area contributed by atoms with Crippen LogP contribution in [0.3, 0.4) is 0 Å². The third-order valence-corrected chi connectivity index (χ3v) is 7.22. The summed E-state index contributed by atoms with van der Waals surface area (Å²) in [6, 6.07) is 3.15. The highest BCUT2D eigenvalue weighted by molar-refractivity contribution is 7.89. The number of aromatic nitrogens is 3. The Kier molecular flexibility index (Phi) is 8.89. The molecule has 1 aliphatic carbocycles. The lowest BCUT2D eigenvalue weighted by atomic mass is 9.83. The van der Waals surface area contributed by atoms with E-state index in [0.29, 0.717) is 5.69 Å². The van der Waals surface area contributed by atoms with Gasteiger partial charge in [0.1, 0.15) is 22.4 Å². The van der Waals surface area contributed by atoms with Gasteiger partial charge in [-0.3, -0.25) is 14.3 Å². The fraction of sp³-hybridized carbons (Fsp3) is 0.545. The van der Waals surface area contributed by atoms with Crippen molar-refractivity contribution in [1.82, 2.24) is 24.8 Å². The fourth-order valence-electron chi connectivity index (χ4n) is 4.06.